The van der Waals surface area contributed by atoms with Crippen LogP contribution in [-0.2, 0) is 0 Å². The summed E-state index contributed by atoms with van der Waals surface area (Å²) in [6, 6.07) is 14.9. The molecule has 0 saturated carbocycles. The second-order valence-corrected chi connectivity index (χ2v) is 5.90. The Bertz CT molecular complexity index is 562. The Kier molecular flexibility index (Phi) is 5.77. The largest absolute Gasteiger partial charge is 0.387 e. The molecule has 21 heavy (non-hydrogen) atoms. The molecular weight excluding hydrogens is 258 g/mol. The van der Waals surface area contributed by atoms with Gasteiger partial charge in [0.05, 0.1) is 6.10 Å². The van der Waals surface area contributed by atoms with Gasteiger partial charge in [0.1, 0.15) is 0 Å². The zero-order valence-electron chi connectivity index (χ0n) is 13.3. The van der Waals surface area contributed by atoms with Crippen molar-refractivity contribution < 1.29 is 5.11 Å². The SMILES string of the molecule is CCC(CC)C(C)NCC(O)c1ccc2ccccc2c1. The van der Waals surface area contributed by atoms with Gasteiger partial charge in [0.2, 0.25) is 0 Å². The maximum absolute atomic E-state index is 10.4. The van der Waals surface area contributed by atoms with E-state index in [1.807, 2.05) is 18.2 Å². The lowest BCUT2D eigenvalue weighted by molar-refractivity contribution is 0.164. The van der Waals surface area contributed by atoms with Crippen LogP contribution in [0.1, 0.15) is 45.3 Å². The molecule has 2 aromatic rings. The average molecular weight is 285 g/mol. The highest BCUT2D eigenvalue weighted by Gasteiger charge is 2.15. The molecule has 0 radical (unpaired) electrons. The van der Waals surface area contributed by atoms with E-state index in [-0.39, 0.29) is 0 Å². The Morgan fingerprint density at radius 2 is 1.67 bits per heavy atom. The van der Waals surface area contributed by atoms with Crippen LogP contribution in [0.2, 0.25) is 0 Å². The minimum Gasteiger partial charge on any atom is -0.387 e. The number of rotatable bonds is 7. The monoisotopic (exact) mass is 285 g/mol. The van der Waals surface area contributed by atoms with Gasteiger partial charge < -0.3 is 10.4 Å². The highest BCUT2D eigenvalue weighted by Crippen LogP contribution is 2.20. The molecule has 2 unspecified atom stereocenters. The third kappa shape index (κ3) is 4.05. The molecule has 0 heterocycles. The Hall–Kier alpha value is -1.38. The summed E-state index contributed by atoms with van der Waals surface area (Å²) in [4.78, 5) is 0. The Labute approximate surface area is 128 Å². The summed E-state index contributed by atoms with van der Waals surface area (Å²) in [6.45, 7) is 7.28. The fourth-order valence-corrected chi connectivity index (χ4v) is 2.99. The highest BCUT2D eigenvalue weighted by molar-refractivity contribution is 5.83. The molecule has 2 nitrogen and oxygen atoms in total. The molecule has 0 aliphatic heterocycles. The molecule has 0 amide bonds. The Balaban J connectivity index is 2.00. The molecule has 2 atom stereocenters. The number of fused-ring (bicyclic) bond motifs is 1. The summed E-state index contributed by atoms with van der Waals surface area (Å²) in [6.07, 6.45) is 1.90. The lowest BCUT2D eigenvalue weighted by Crippen LogP contribution is -2.35. The molecule has 0 saturated heterocycles. The van der Waals surface area contributed by atoms with Crippen LogP contribution in [0.4, 0.5) is 0 Å². The number of nitrogens with one attached hydrogen (secondary N) is 1. The first-order valence-electron chi connectivity index (χ1n) is 8.05. The van der Waals surface area contributed by atoms with E-state index in [1.165, 1.54) is 23.6 Å². The number of aliphatic hydroxyl groups is 1. The van der Waals surface area contributed by atoms with Crippen molar-refractivity contribution >= 4 is 10.8 Å². The summed E-state index contributed by atoms with van der Waals surface area (Å²) >= 11 is 0. The molecule has 2 N–H and O–H groups in total. The van der Waals surface area contributed by atoms with Crippen molar-refractivity contribution in [3.05, 3.63) is 48.0 Å². The summed E-state index contributed by atoms with van der Waals surface area (Å²) in [5.41, 5.74) is 0.984. The van der Waals surface area contributed by atoms with Crippen LogP contribution in [0.15, 0.2) is 42.5 Å². The summed E-state index contributed by atoms with van der Waals surface area (Å²) in [5.74, 6) is 0.675. The van der Waals surface area contributed by atoms with E-state index in [1.54, 1.807) is 0 Å². The second kappa shape index (κ2) is 7.58. The molecule has 2 rings (SSSR count). The van der Waals surface area contributed by atoms with Gasteiger partial charge in [0.15, 0.2) is 0 Å². The normalized spacial score (nSPS) is 14.5. The van der Waals surface area contributed by atoms with Gasteiger partial charge in [-0.1, -0.05) is 63.1 Å². The van der Waals surface area contributed by atoms with Crippen molar-refractivity contribution in [2.75, 3.05) is 6.54 Å². The first-order chi connectivity index (χ1) is 10.2. The van der Waals surface area contributed by atoms with Crippen molar-refractivity contribution in [3.8, 4) is 0 Å². The molecule has 0 fully saturated rings. The van der Waals surface area contributed by atoms with Crippen molar-refractivity contribution in [1.29, 1.82) is 0 Å². The Morgan fingerprint density at radius 3 is 2.33 bits per heavy atom. The van der Waals surface area contributed by atoms with Gasteiger partial charge in [-0.05, 0) is 35.2 Å². The molecule has 114 valence electrons. The maximum atomic E-state index is 10.4. The highest BCUT2D eigenvalue weighted by atomic mass is 16.3. The van der Waals surface area contributed by atoms with Crippen LogP contribution < -0.4 is 5.32 Å². The smallest absolute Gasteiger partial charge is 0.0914 e. The molecule has 0 aliphatic carbocycles. The van der Waals surface area contributed by atoms with Crippen LogP contribution in [0, 0.1) is 5.92 Å². The van der Waals surface area contributed by atoms with E-state index in [0.29, 0.717) is 18.5 Å². The van der Waals surface area contributed by atoms with Crippen LogP contribution in [-0.4, -0.2) is 17.7 Å². The molecule has 0 aromatic heterocycles. The van der Waals surface area contributed by atoms with Crippen molar-refractivity contribution in [3.63, 3.8) is 0 Å². The predicted octanol–water partition coefficient (Wildman–Crippen LogP) is 4.29. The number of aliphatic hydroxyl groups excluding tert-OH is 1. The van der Waals surface area contributed by atoms with E-state index in [0.717, 1.165) is 5.56 Å². The van der Waals surface area contributed by atoms with E-state index < -0.39 is 6.10 Å². The summed E-state index contributed by atoms with van der Waals surface area (Å²) in [7, 11) is 0. The standard InChI is InChI=1S/C19H27NO/c1-4-15(5-2)14(3)20-13-19(21)18-11-10-16-8-6-7-9-17(16)12-18/h6-12,14-15,19-21H,4-5,13H2,1-3H3. The molecular formula is C19H27NO. The third-order valence-corrected chi connectivity index (χ3v) is 4.55. The summed E-state index contributed by atoms with van der Waals surface area (Å²) in [5, 5.41) is 16.3. The summed E-state index contributed by atoms with van der Waals surface area (Å²) < 4.78 is 0. The van der Waals surface area contributed by atoms with Gasteiger partial charge >= 0.3 is 0 Å². The second-order valence-electron chi connectivity index (χ2n) is 5.90. The molecule has 0 aliphatic rings. The Morgan fingerprint density at radius 1 is 1.00 bits per heavy atom. The molecule has 2 aromatic carbocycles. The maximum Gasteiger partial charge on any atom is 0.0914 e. The minimum absolute atomic E-state index is 0.440. The van der Waals surface area contributed by atoms with Gasteiger partial charge in [0, 0.05) is 12.6 Å². The molecule has 0 bridgehead atoms. The van der Waals surface area contributed by atoms with Gasteiger partial charge in [-0.25, -0.2) is 0 Å². The van der Waals surface area contributed by atoms with E-state index in [2.05, 4.69) is 50.4 Å². The number of hydrogen-bond acceptors (Lipinski definition) is 2. The lowest BCUT2D eigenvalue weighted by Gasteiger charge is -2.24. The van der Waals surface area contributed by atoms with Gasteiger partial charge in [-0.2, -0.15) is 0 Å². The zero-order chi connectivity index (χ0) is 15.2. The molecule has 2 heteroatoms. The quantitative estimate of drug-likeness (QED) is 0.795. The van der Waals surface area contributed by atoms with Gasteiger partial charge in [0.25, 0.3) is 0 Å². The zero-order valence-corrected chi connectivity index (χ0v) is 13.3. The van der Waals surface area contributed by atoms with Gasteiger partial charge in [-0.3, -0.25) is 0 Å². The topological polar surface area (TPSA) is 32.3 Å². The minimum atomic E-state index is -0.452. The average Bonchev–Trinajstić information content (AvgIpc) is 2.53. The van der Waals surface area contributed by atoms with Crippen molar-refractivity contribution in [2.45, 2.75) is 45.8 Å². The first-order valence-corrected chi connectivity index (χ1v) is 8.05. The van der Waals surface area contributed by atoms with Crippen LogP contribution >= 0.6 is 0 Å². The van der Waals surface area contributed by atoms with Crippen LogP contribution in [0.25, 0.3) is 10.8 Å². The van der Waals surface area contributed by atoms with E-state index >= 15 is 0 Å². The number of benzene rings is 2. The fraction of sp³-hybridized carbons (Fsp3) is 0.474. The van der Waals surface area contributed by atoms with Crippen molar-refractivity contribution in [2.24, 2.45) is 5.92 Å². The van der Waals surface area contributed by atoms with E-state index in [4.69, 9.17) is 0 Å². The predicted molar refractivity (Wildman–Crippen MR) is 90.4 cm³/mol. The van der Waals surface area contributed by atoms with Crippen LogP contribution in [0.3, 0.4) is 0 Å². The molecule has 0 spiro atoms. The van der Waals surface area contributed by atoms with E-state index in [9.17, 15) is 5.11 Å². The fourth-order valence-electron chi connectivity index (χ4n) is 2.99. The lowest BCUT2D eigenvalue weighted by atomic mass is 9.95. The van der Waals surface area contributed by atoms with Gasteiger partial charge in [-0.15, -0.1) is 0 Å². The van der Waals surface area contributed by atoms with Crippen molar-refractivity contribution in [1.82, 2.24) is 5.32 Å². The van der Waals surface area contributed by atoms with Crippen LogP contribution in [0.5, 0.6) is 0 Å². The first kappa shape index (κ1) is 16.0. The number of hydrogen-bond donors (Lipinski definition) is 2. The third-order valence-electron chi connectivity index (χ3n) is 4.55.